The van der Waals surface area contributed by atoms with Crippen molar-refractivity contribution in [2.24, 2.45) is 10.9 Å². The van der Waals surface area contributed by atoms with Gasteiger partial charge in [-0.2, -0.15) is 0 Å². The smallest absolute Gasteiger partial charge is 0.128 e. The summed E-state index contributed by atoms with van der Waals surface area (Å²) in [6, 6.07) is 3.52. The van der Waals surface area contributed by atoms with Gasteiger partial charge >= 0.3 is 0 Å². The number of aryl methyl sites for hydroxylation is 1. The van der Waals surface area contributed by atoms with Crippen molar-refractivity contribution in [3.63, 3.8) is 0 Å². The van der Waals surface area contributed by atoms with Crippen LogP contribution in [0.2, 0.25) is 0 Å². The number of aliphatic imine (C=N–C) groups is 1. The Morgan fingerprint density at radius 1 is 1.39 bits per heavy atom. The molecule has 1 aromatic rings. The van der Waals surface area contributed by atoms with Gasteiger partial charge in [0.1, 0.15) is 5.82 Å². The molecule has 1 aliphatic rings. The minimum absolute atomic E-state index is 0.111. The second kappa shape index (κ2) is 5.96. The Morgan fingerprint density at radius 2 is 2.06 bits per heavy atom. The van der Waals surface area contributed by atoms with Gasteiger partial charge in [0.2, 0.25) is 0 Å². The third-order valence-electron chi connectivity index (χ3n) is 3.62. The van der Waals surface area contributed by atoms with Crippen molar-refractivity contribution >= 4 is 26.2 Å². The van der Waals surface area contributed by atoms with Crippen molar-refractivity contribution in [1.29, 1.82) is 0 Å². The van der Waals surface area contributed by atoms with Crippen molar-refractivity contribution in [3.8, 4) is 0 Å². The monoisotopic (exact) mass is 311 g/mol. The van der Waals surface area contributed by atoms with Crippen LogP contribution in [0, 0.1) is 18.7 Å². The summed E-state index contributed by atoms with van der Waals surface area (Å²) in [6.45, 7) is 3.84. The molecule has 0 aliphatic heterocycles. The van der Waals surface area contributed by atoms with E-state index >= 15 is 0 Å². The van der Waals surface area contributed by atoms with Crippen LogP contribution in [0.4, 0.5) is 10.1 Å². The minimum Gasteiger partial charge on any atom is -0.246 e. The first-order chi connectivity index (χ1) is 8.56. The summed E-state index contributed by atoms with van der Waals surface area (Å²) < 4.78 is 14.8. The summed E-state index contributed by atoms with van der Waals surface area (Å²) in [4.78, 5) is 4.29. The van der Waals surface area contributed by atoms with Gasteiger partial charge in [0.25, 0.3) is 0 Å². The van der Waals surface area contributed by atoms with Gasteiger partial charge in [0.15, 0.2) is 0 Å². The molecule has 0 unspecified atom stereocenters. The highest BCUT2D eigenvalue weighted by molar-refractivity contribution is 9.18. The van der Waals surface area contributed by atoms with Gasteiger partial charge in [-0.1, -0.05) is 31.7 Å². The summed E-state index contributed by atoms with van der Waals surface area (Å²) in [5.41, 5.74) is 2.62. The zero-order valence-electron chi connectivity index (χ0n) is 11.0. The average molecular weight is 312 g/mol. The van der Waals surface area contributed by atoms with Gasteiger partial charge in [-0.3, -0.25) is 0 Å². The molecule has 1 nitrogen and oxygen atoms in total. The topological polar surface area (TPSA) is 12.4 Å². The van der Waals surface area contributed by atoms with E-state index in [4.69, 9.17) is 0 Å². The summed E-state index contributed by atoms with van der Waals surface area (Å²) in [5.74, 6) is 0.561. The highest BCUT2D eigenvalue weighted by Crippen LogP contribution is 2.31. The van der Waals surface area contributed by atoms with Crippen LogP contribution in [0.15, 0.2) is 17.1 Å². The van der Waals surface area contributed by atoms with Crippen LogP contribution in [0.25, 0.3) is 0 Å². The molecule has 18 heavy (non-hydrogen) atoms. The van der Waals surface area contributed by atoms with Gasteiger partial charge in [-0.25, -0.2) is 9.38 Å². The Labute approximate surface area is 117 Å². The highest BCUT2D eigenvalue weighted by Gasteiger charge is 2.18. The first-order valence-corrected chi connectivity index (χ1v) is 7.35. The second-order valence-corrected chi connectivity index (χ2v) is 6.34. The SMILES string of the molecule is C/C(Br)=N\c1cc(F)c(CC2CCCC2)cc1C. The predicted octanol–water partition coefficient (Wildman–Crippen LogP) is 5.31. The molecule has 2 rings (SSSR count). The number of benzene rings is 1. The maximum atomic E-state index is 14.0. The normalized spacial score (nSPS) is 17.4. The standard InChI is InChI=1S/C15H19BrFN/c1-10-7-13(8-12-5-3-4-6-12)14(17)9-15(10)18-11(2)16/h7,9,12H,3-6,8H2,1-2H3/b18-11+. The fraction of sp³-hybridized carbons (Fsp3) is 0.533. The highest BCUT2D eigenvalue weighted by atomic mass is 79.9. The van der Waals surface area contributed by atoms with Crippen LogP contribution in [0.5, 0.6) is 0 Å². The Hall–Kier alpha value is -0.700. The number of nitrogens with zero attached hydrogens (tertiary/aromatic N) is 1. The Morgan fingerprint density at radius 3 is 2.67 bits per heavy atom. The molecule has 0 radical (unpaired) electrons. The molecule has 1 aromatic carbocycles. The average Bonchev–Trinajstić information content (AvgIpc) is 2.77. The lowest BCUT2D eigenvalue weighted by molar-refractivity contribution is 0.521. The van der Waals surface area contributed by atoms with Crippen LogP contribution in [-0.2, 0) is 6.42 Å². The third kappa shape index (κ3) is 3.41. The number of hydrogen-bond acceptors (Lipinski definition) is 1. The Balaban J connectivity index is 2.22. The zero-order chi connectivity index (χ0) is 13.1. The lowest BCUT2D eigenvalue weighted by atomic mass is 9.96. The van der Waals surface area contributed by atoms with Gasteiger partial charge < -0.3 is 0 Å². The Bertz CT molecular complexity index is 458. The molecule has 1 aliphatic carbocycles. The lowest BCUT2D eigenvalue weighted by Gasteiger charge is -2.12. The lowest BCUT2D eigenvalue weighted by Crippen LogP contribution is -2.01. The molecule has 0 N–H and O–H groups in total. The van der Waals surface area contributed by atoms with E-state index in [1.807, 2.05) is 19.9 Å². The van der Waals surface area contributed by atoms with Crippen LogP contribution >= 0.6 is 15.9 Å². The molecular weight excluding hydrogens is 293 g/mol. The number of halogens is 2. The van der Waals surface area contributed by atoms with Crippen molar-refractivity contribution in [2.75, 3.05) is 0 Å². The molecule has 0 atom stereocenters. The van der Waals surface area contributed by atoms with E-state index in [-0.39, 0.29) is 5.82 Å². The molecule has 0 aromatic heterocycles. The molecular formula is C15H19BrFN. The van der Waals surface area contributed by atoms with Crippen LogP contribution in [0.1, 0.15) is 43.7 Å². The quantitative estimate of drug-likeness (QED) is 0.671. The summed E-state index contributed by atoms with van der Waals surface area (Å²) >= 11 is 3.29. The molecule has 0 saturated heterocycles. The Kier molecular flexibility index (Phi) is 4.55. The van der Waals surface area contributed by atoms with Gasteiger partial charge in [0.05, 0.1) is 10.3 Å². The molecule has 0 heterocycles. The molecule has 3 heteroatoms. The van der Waals surface area contributed by atoms with E-state index in [2.05, 4.69) is 20.9 Å². The summed E-state index contributed by atoms with van der Waals surface area (Å²) in [5, 5.41) is 0. The zero-order valence-corrected chi connectivity index (χ0v) is 12.6. The molecule has 1 saturated carbocycles. The van der Waals surface area contributed by atoms with Crippen LogP contribution < -0.4 is 0 Å². The maximum Gasteiger partial charge on any atom is 0.128 e. The largest absolute Gasteiger partial charge is 0.246 e. The second-order valence-electron chi connectivity index (χ2n) is 5.19. The fourth-order valence-electron chi connectivity index (χ4n) is 2.70. The minimum atomic E-state index is -0.111. The number of rotatable bonds is 3. The van der Waals surface area contributed by atoms with Gasteiger partial charge in [-0.15, -0.1) is 0 Å². The molecule has 98 valence electrons. The van der Waals surface area contributed by atoms with E-state index < -0.39 is 0 Å². The molecule has 0 amide bonds. The first-order valence-electron chi connectivity index (χ1n) is 6.56. The van der Waals surface area contributed by atoms with Crippen molar-refractivity contribution in [2.45, 2.75) is 46.0 Å². The van der Waals surface area contributed by atoms with Crippen LogP contribution in [-0.4, -0.2) is 4.62 Å². The fourth-order valence-corrected chi connectivity index (χ4v) is 2.89. The van der Waals surface area contributed by atoms with Crippen molar-refractivity contribution in [1.82, 2.24) is 0 Å². The third-order valence-corrected chi connectivity index (χ3v) is 3.80. The van der Waals surface area contributed by atoms with Crippen molar-refractivity contribution in [3.05, 3.63) is 29.1 Å². The first kappa shape index (κ1) is 13.7. The van der Waals surface area contributed by atoms with Crippen molar-refractivity contribution < 1.29 is 4.39 Å². The molecule has 0 bridgehead atoms. The van der Waals surface area contributed by atoms with Gasteiger partial charge in [-0.05, 0) is 53.2 Å². The van der Waals surface area contributed by atoms with E-state index in [1.54, 1.807) is 6.07 Å². The van der Waals surface area contributed by atoms with E-state index in [0.29, 0.717) is 5.92 Å². The number of hydrogen-bond donors (Lipinski definition) is 0. The van der Waals surface area contributed by atoms with E-state index in [9.17, 15) is 4.39 Å². The maximum absolute atomic E-state index is 14.0. The predicted molar refractivity (Wildman–Crippen MR) is 78.5 cm³/mol. The molecule has 1 fully saturated rings. The van der Waals surface area contributed by atoms with E-state index in [1.165, 1.54) is 25.7 Å². The van der Waals surface area contributed by atoms with Gasteiger partial charge in [0, 0.05) is 6.07 Å². The van der Waals surface area contributed by atoms with Crippen LogP contribution in [0.3, 0.4) is 0 Å². The van der Waals surface area contributed by atoms with E-state index in [0.717, 1.165) is 27.9 Å². The summed E-state index contributed by atoms with van der Waals surface area (Å²) in [6.07, 6.45) is 5.98. The molecule has 0 spiro atoms. The summed E-state index contributed by atoms with van der Waals surface area (Å²) in [7, 11) is 0.